The van der Waals surface area contributed by atoms with Crippen LogP contribution < -0.4 is 5.73 Å². The normalized spacial score (nSPS) is 34.7. The van der Waals surface area contributed by atoms with Gasteiger partial charge in [0.25, 0.3) is 0 Å². The molecule has 1 amide bonds. The van der Waals surface area contributed by atoms with Crippen LogP contribution in [0.2, 0.25) is 0 Å². The number of nitrogens with two attached hydrogens (primary N) is 1. The van der Waals surface area contributed by atoms with E-state index in [0.29, 0.717) is 0 Å². The van der Waals surface area contributed by atoms with Crippen molar-refractivity contribution in [1.82, 2.24) is 4.90 Å². The van der Waals surface area contributed by atoms with Gasteiger partial charge in [-0.1, -0.05) is 19.3 Å². The van der Waals surface area contributed by atoms with Gasteiger partial charge in [0.15, 0.2) is 0 Å². The number of carbonyl (C=O) groups excluding carboxylic acids is 1. The van der Waals surface area contributed by atoms with Crippen molar-refractivity contribution in [2.75, 3.05) is 20.2 Å². The Morgan fingerprint density at radius 3 is 2.71 bits per heavy atom. The van der Waals surface area contributed by atoms with E-state index >= 15 is 0 Å². The van der Waals surface area contributed by atoms with E-state index in [2.05, 4.69) is 0 Å². The fourth-order valence-electron chi connectivity index (χ4n) is 3.00. The van der Waals surface area contributed by atoms with Gasteiger partial charge in [-0.05, 0) is 19.3 Å². The molecule has 1 heterocycles. The van der Waals surface area contributed by atoms with Gasteiger partial charge in [0.1, 0.15) is 0 Å². The highest BCUT2D eigenvalue weighted by molar-refractivity contribution is 5.80. The number of ether oxygens (including phenoxy) is 1. The molecule has 0 spiro atoms. The average Bonchev–Trinajstić information content (AvgIpc) is 2.71. The second kappa shape index (κ2) is 5.83. The minimum atomic E-state index is 0.0492. The SMILES string of the molecule is COC1CCN(C(=O)C2CCCCCC2N)C1. The lowest BCUT2D eigenvalue weighted by molar-refractivity contribution is -0.135. The first-order valence-corrected chi connectivity index (χ1v) is 6.79. The van der Waals surface area contributed by atoms with Gasteiger partial charge in [-0.2, -0.15) is 0 Å². The molecular formula is C13H24N2O2. The van der Waals surface area contributed by atoms with Gasteiger partial charge in [-0.25, -0.2) is 0 Å². The predicted molar refractivity (Wildman–Crippen MR) is 66.5 cm³/mol. The Labute approximate surface area is 103 Å². The second-order valence-corrected chi connectivity index (χ2v) is 5.34. The Morgan fingerprint density at radius 2 is 2.00 bits per heavy atom. The molecule has 17 heavy (non-hydrogen) atoms. The smallest absolute Gasteiger partial charge is 0.227 e. The van der Waals surface area contributed by atoms with Crippen molar-refractivity contribution in [1.29, 1.82) is 0 Å². The van der Waals surface area contributed by atoms with Crippen LogP contribution in [0.1, 0.15) is 38.5 Å². The molecule has 0 aromatic rings. The monoisotopic (exact) mass is 240 g/mol. The fraction of sp³-hybridized carbons (Fsp3) is 0.923. The van der Waals surface area contributed by atoms with E-state index in [-0.39, 0.29) is 24.0 Å². The number of rotatable bonds is 2. The Bertz CT molecular complexity index is 270. The van der Waals surface area contributed by atoms with Crippen molar-refractivity contribution in [2.45, 2.75) is 50.7 Å². The van der Waals surface area contributed by atoms with Gasteiger partial charge >= 0.3 is 0 Å². The minimum Gasteiger partial charge on any atom is -0.380 e. The number of likely N-dealkylation sites (tertiary alicyclic amines) is 1. The van der Waals surface area contributed by atoms with E-state index in [4.69, 9.17) is 10.5 Å². The maximum absolute atomic E-state index is 12.4. The highest BCUT2D eigenvalue weighted by atomic mass is 16.5. The number of hydrogen-bond acceptors (Lipinski definition) is 3. The van der Waals surface area contributed by atoms with Crippen molar-refractivity contribution >= 4 is 5.91 Å². The third-order valence-corrected chi connectivity index (χ3v) is 4.18. The van der Waals surface area contributed by atoms with Gasteiger partial charge in [-0.15, -0.1) is 0 Å². The summed E-state index contributed by atoms with van der Waals surface area (Å²) in [5, 5.41) is 0. The lowest BCUT2D eigenvalue weighted by atomic mass is 9.94. The molecule has 4 nitrogen and oxygen atoms in total. The molecule has 0 bridgehead atoms. The van der Waals surface area contributed by atoms with Crippen LogP contribution in [0.3, 0.4) is 0 Å². The molecule has 98 valence electrons. The molecule has 2 aliphatic rings. The van der Waals surface area contributed by atoms with Crippen LogP contribution in [0.15, 0.2) is 0 Å². The molecule has 0 aromatic heterocycles. The Kier molecular flexibility index (Phi) is 4.40. The number of amides is 1. The summed E-state index contributed by atoms with van der Waals surface area (Å²) in [6.45, 7) is 1.58. The molecule has 1 saturated carbocycles. The maximum atomic E-state index is 12.4. The molecule has 4 heteroatoms. The molecule has 0 aromatic carbocycles. The number of methoxy groups -OCH3 is 1. The number of nitrogens with zero attached hydrogens (tertiary/aromatic N) is 1. The fourth-order valence-corrected chi connectivity index (χ4v) is 3.00. The van der Waals surface area contributed by atoms with E-state index in [1.54, 1.807) is 7.11 Å². The largest absolute Gasteiger partial charge is 0.380 e. The van der Waals surface area contributed by atoms with Crippen molar-refractivity contribution in [3.8, 4) is 0 Å². The van der Waals surface area contributed by atoms with Crippen molar-refractivity contribution in [3.63, 3.8) is 0 Å². The summed E-state index contributed by atoms with van der Waals surface area (Å²) in [5.41, 5.74) is 6.14. The molecule has 3 unspecified atom stereocenters. The highest BCUT2D eigenvalue weighted by Crippen LogP contribution is 2.25. The molecule has 0 radical (unpaired) electrons. The number of carbonyl (C=O) groups is 1. The van der Waals surface area contributed by atoms with Crippen LogP contribution in [0.5, 0.6) is 0 Å². The maximum Gasteiger partial charge on any atom is 0.227 e. The van der Waals surface area contributed by atoms with Crippen molar-refractivity contribution in [3.05, 3.63) is 0 Å². The van der Waals surface area contributed by atoms with Crippen LogP contribution >= 0.6 is 0 Å². The number of hydrogen-bond donors (Lipinski definition) is 1. The van der Waals surface area contributed by atoms with E-state index in [9.17, 15) is 4.79 Å². The summed E-state index contributed by atoms with van der Waals surface area (Å²) in [6.07, 6.45) is 6.69. The molecule has 1 aliphatic carbocycles. The lowest BCUT2D eigenvalue weighted by Crippen LogP contribution is -2.43. The standard InChI is InChI=1S/C13H24N2O2/c1-17-10-7-8-15(9-10)13(16)11-5-3-2-4-6-12(11)14/h10-12H,2-9,14H2,1H3. The Morgan fingerprint density at radius 1 is 1.24 bits per heavy atom. The molecule has 2 N–H and O–H groups in total. The molecule has 1 aliphatic heterocycles. The topological polar surface area (TPSA) is 55.6 Å². The minimum absolute atomic E-state index is 0.0492. The summed E-state index contributed by atoms with van der Waals surface area (Å²) in [5.74, 6) is 0.312. The zero-order chi connectivity index (χ0) is 12.3. The summed E-state index contributed by atoms with van der Waals surface area (Å²) in [6, 6.07) is 0.0617. The van der Waals surface area contributed by atoms with Crippen LogP contribution in [0, 0.1) is 5.92 Å². The van der Waals surface area contributed by atoms with E-state index in [0.717, 1.165) is 38.8 Å². The van der Waals surface area contributed by atoms with Gasteiger partial charge in [0.2, 0.25) is 5.91 Å². The average molecular weight is 240 g/mol. The molecular weight excluding hydrogens is 216 g/mol. The van der Waals surface area contributed by atoms with Crippen LogP contribution in [0.25, 0.3) is 0 Å². The Hall–Kier alpha value is -0.610. The summed E-state index contributed by atoms with van der Waals surface area (Å²) < 4.78 is 5.31. The van der Waals surface area contributed by atoms with Crippen molar-refractivity contribution < 1.29 is 9.53 Å². The summed E-state index contributed by atoms with van der Waals surface area (Å²) in [7, 11) is 1.72. The highest BCUT2D eigenvalue weighted by Gasteiger charge is 2.34. The first-order valence-electron chi connectivity index (χ1n) is 6.79. The Balaban J connectivity index is 1.94. The van der Waals surface area contributed by atoms with Gasteiger partial charge in [0, 0.05) is 26.2 Å². The third-order valence-electron chi connectivity index (χ3n) is 4.18. The van der Waals surface area contributed by atoms with Crippen LogP contribution in [0.4, 0.5) is 0 Å². The van der Waals surface area contributed by atoms with Crippen LogP contribution in [-0.2, 0) is 9.53 Å². The second-order valence-electron chi connectivity index (χ2n) is 5.34. The molecule has 2 rings (SSSR count). The molecule has 1 saturated heterocycles. The van der Waals surface area contributed by atoms with Crippen molar-refractivity contribution in [2.24, 2.45) is 11.7 Å². The first-order chi connectivity index (χ1) is 8.22. The summed E-state index contributed by atoms with van der Waals surface area (Å²) in [4.78, 5) is 14.4. The van der Waals surface area contributed by atoms with E-state index < -0.39 is 0 Å². The molecule has 2 fully saturated rings. The van der Waals surface area contributed by atoms with Gasteiger partial charge in [-0.3, -0.25) is 4.79 Å². The van der Waals surface area contributed by atoms with Gasteiger partial charge in [0.05, 0.1) is 12.0 Å². The first kappa shape index (κ1) is 12.8. The van der Waals surface area contributed by atoms with E-state index in [1.165, 1.54) is 12.8 Å². The molecule has 3 atom stereocenters. The zero-order valence-corrected chi connectivity index (χ0v) is 10.7. The predicted octanol–water partition coefficient (Wildman–Crippen LogP) is 1.14. The quantitative estimate of drug-likeness (QED) is 0.736. The summed E-state index contributed by atoms with van der Waals surface area (Å²) >= 11 is 0. The third kappa shape index (κ3) is 2.99. The van der Waals surface area contributed by atoms with Crippen LogP contribution in [-0.4, -0.2) is 43.2 Å². The zero-order valence-electron chi connectivity index (χ0n) is 10.7. The van der Waals surface area contributed by atoms with E-state index in [1.807, 2.05) is 4.90 Å². The van der Waals surface area contributed by atoms with Gasteiger partial charge < -0.3 is 15.4 Å². The lowest BCUT2D eigenvalue weighted by Gasteiger charge is -2.26.